The SMILES string of the molecule is CCCCNC(=O)N(CCN1CCN(C(=O)Nc2ccc(Cl)cc2Cl)CC1)CC1=CCC2CC1C2(C)C. The van der Waals surface area contributed by atoms with Crippen molar-refractivity contribution < 1.29 is 9.59 Å². The fourth-order valence-electron chi connectivity index (χ4n) is 5.83. The van der Waals surface area contributed by atoms with Gasteiger partial charge in [0.1, 0.15) is 0 Å². The van der Waals surface area contributed by atoms with Gasteiger partial charge in [0, 0.05) is 57.4 Å². The van der Waals surface area contributed by atoms with Crippen molar-refractivity contribution in [2.45, 2.75) is 46.5 Å². The number of nitrogens with zero attached hydrogens (tertiary/aromatic N) is 3. The zero-order chi connectivity index (χ0) is 26.6. The second-order valence-corrected chi connectivity index (χ2v) is 12.1. The van der Waals surface area contributed by atoms with E-state index in [-0.39, 0.29) is 12.1 Å². The van der Waals surface area contributed by atoms with E-state index < -0.39 is 0 Å². The van der Waals surface area contributed by atoms with Crippen LogP contribution in [0.2, 0.25) is 10.0 Å². The molecule has 1 aliphatic heterocycles. The highest BCUT2D eigenvalue weighted by atomic mass is 35.5. The molecule has 5 rings (SSSR count). The minimum atomic E-state index is -0.161. The largest absolute Gasteiger partial charge is 0.338 e. The number of unbranched alkanes of at least 4 members (excludes halogenated alkanes) is 1. The third-order valence-corrected chi connectivity index (χ3v) is 9.12. The van der Waals surface area contributed by atoms with Crippen molar-refractivity contribution in [2.24, 2.45) is 17.3 Å². The topological polar surface area (TPSA) is 67.9 Å². The van der Waals surface area contributed by atoms with E-state index in [2.05, 4.69) is 42.4 Å². The van der Waals surface area contributed by atoms with Gasteiger partial charge >= 0.3 is 12.1 Å². The summed E-state index contributed by atoms with van der Waals surface area (Å²) in [5.41, 5.74) is 2.34. The fraction of sp³-hybridized carbons (Fsp3) is 0.643. The summed E-state index contributed by atoms with van der Waals surface area (Å²) in [6.45, 7) is 12.6. The Morgan fingerprint density at radius 2 is 1.92 bits per heavy atom. The zero-order valence-electron chi connectivity index (χ0n) is 22.4. The Labute approximate surface area is 231 Å². The van der Waals surface area contributed by atoms with Gasteiger partial charge < -0.3 is 20.4 Å². The maximum Gasteiger partial charge on any atom is 0.321 e. The molecule has 1 saturated carbocycles. The molecule has 4 aliphatic rings. The number of carbonyl (C=O) groups excluding carboxylic acids is 2. The van der Waals surface area contributed by atoms with Crippen LogP contribution in [0.25, 0.3) is 0 Å². The molecule has 204 valence electrons. The van der Waals surface area contributed by atoms with Crippen LogP contribution < -0.4 is 10.6 Å². The van der Waals surface area contributed by atoms with Crippen LogP contribution in [0.3, 0.4) is 0 Å². The first-order valence-corrected chi connectivity index (χ1v) is 14.4. The molecule has 1 heterocycles. The predicted molar refractivity (Wildman–Crippen MR) is 151 cm³/mol. The van der Waals surface area contributed by atoms with Crippen LogP contribution in [0.4, 0.5) is 15.3 Å². The predicted octanol–water partition coefficient (Wildman–Crippen LogP) is 5.95. The highest BCUT2D eigenvalue weighted by Crippen LogP contribution is 2.59. The van der Waals surface area contributed by atoms with Gasteiger partial charge in [-0.2, -0.15) is 0 Å². The van der Waals surface area contributed by atoms with Crippen molar-refractivity contribution in [3.63, 3.8) is 0 Å². The molecule has 3 aliphatic carbocycles. The molecule has 2 bridgehead atoms. The molecule has 7 nitrogen and oxygen atoms in total. The molecular formula is C28H41Cl2N5O2. The lowest BCUT2D eigenvalue weighted by molar-refractivity contribution is -0.00982. The normalized spacial score (nSPS) is 22.6. The number of anilines is 1. The molecule has 4 amide bonds. The standard InChI is InChI=1S/C28H41Cl2N5O2/c1-4-5-10-31-26(36)35(19-20-6-7-21-17-23(20)28(21,2)3)16-13-33-11-14-34(15-12-33)27(37)32-25-9-8-22(29)18-24(25)30/h6,8-9,18,21,23H,4-5,7,10-17,19H2,1-3H3,(H,31,36)(H,32,37). The highest BCUT2D eigenvalue weighted by molar-refractivity contribution is 6.36. The number of amides is 4. The number of hydrogen-bond donors (Lipinski definition) is 2. The number of benzene rings is 1. The van der Waals surface area contributed by atoms with Gasteiger partial charge in [0.15, 0.2) is 0 Å². The van der Waals surface area contributed by atoms with Crippen molar-refractivity contribution in [3.05, 3.63) is 39.9 Å². The van der Waals surface area contributed by atoms with E-state index in [0.717, 1.165) is 44.8 Å². The van der Waals surface area contributed by atoms with Gasteiger partial charge in [0.25, 0.3) is 0 Å². The molecule has 9 heteroatoms. The average molecular weight is 551 g/mol. The zero-order valence-corrected chi connectivity index (χ0v) is 23.9. The summed E-state index contributed by atoms with van der Waals surface area (Å²) in [5.74, 6) is 1.38. The van der Waals surface area contributed by atoms with Crippen molar-refractivity contribution in [2.75, 3.05) is 57.7 Å². The summed E-state index contributed by atoms with van der Waals surface area (Å²) >= 11 is 12.2. The van der Waals surface area contributed by atoms with Gasteiger partial charge in [-0.25, -0.2) is 9.59 Å². The molecule has 2 N–H and O–H groups in total. The van der Waals surface area contributed by atoms with Gasteiger partial charge in [0.2, 0.25) is 0 Å². The third-order valence-electron chi connectivity index (χ3n) is 8.57. The monoisotopic (exact) mass is 549 g/mol. The Morgan fingerprint density at radius 1 is 1.16 bits per heavy atom. The Kier molecular flexibility index (Phi) is 9.30. The summed E-state index contributed by atoms with van der Waals surface area (Å²) in [5, 5.41) is 6.96. The molecule has 2 fully saturated rings. The molecule has 37 heavy (non-hydrogen) atoms. The van der Waals surface area contributed by atoms with E-state index in [0.29, 0.717) is 59.8 Å². The number of rotatable bonds is 9. The van der Waals surface area contributed by atoms with E-state index in [9.17, 15) is 9.59 Å². The van der Waals surface area contributed by atoms with Gasteiger partial charge in [0.05, 0.1) is 10.7 Å². The molecule has 1 aromatic rings. The highest BCUT2D eigenvalue weighted by Gasteiger charge is 2.51. The lowest BCUT2D eigenvalue weighted by atomic mass is 9.49. The first-order chi connectivity index (χ1) is 17.7. The summed E-state index contributed by atoms with van der Waals surface area (Å²) in [7, 11) is 0. The van der Waals surface area contributed by atoms with Crippen molar-refractivity contribution >= 4 is 41.0 Å². The van der Waals surface area contributed by atoms with Crippen LogP contribution in [-0.2, 0) is 0 Å². The lowest BCUT2D eigenvalue weighted by Crippen LogP contribution is -2.53. The quantitative estimate of drug-likeness (QED) is 0.295. The number of nitrogens with one attached hydrogen (secondary N) is 2. The number of allylic oxidation sites excluding steroid dienone is 1. The van der Waals surface area contributed by atoms with E-state index in [1.54, 1.807) is 23.1 Å². The van der Waals surface area contributed by atoms with E-state index in [4.69, 9.17) is 23.2 Å². The molecule has 0 aromatic heterocycles. The number of piperazine rings is 1. The van der Waals surface area contributed by atoms with E-state index >= 15 is 0 Å². The van der Waals surface area contributed by atoms with E-state index in [1.807, 2.05) is 4.90 Å². The Hall–Kier alpha value is -1.96. The van der Waals surface area contributed by atoms with E-state index in [1.165, 1.54) is 12.0 Å². The third kappa shape index (κ3) is 6.73. The number of urea groups is 2. The van der Waals surface area contributed by atoms with Crippen LogP contribution in [0.15, 0.2) is 29.8 Å². The summed E-state index contributed by atoms with van der Waals surface area (Å²) in [4.78, 5) is 32.0. The Balaban J connectivity index is 1.28. The van der Waals surface area contributed by atoms with Crippen LogP contribution in [0.5, 0.6) is 0 Å². The Bertz CT molecular complexity index is 1010. The molecule has 0 spiro atoms. The smallest absolute Gasteiger partial charge is 0.321 e. The average Bonchev–Trinajstić information content (AvgIpc) is 2.88. The number of halogens is 2. The fourth-order valence-corrected chi connectivity index (χ4v) is 6.29. The molecule has 0 radical (unpaired) electrons. The number of carbonyl (C=O) groups is 2. The summed E-state index contributed by atoms with van der Waals surface area (Å²) in [6.07, 6.45) is 6.83. The second-order valence-electron chi connectivity index (χ2n) is 11.2. The van der Waals surface area contributed by atoms with Gasteiger partial charge in [-0.15, -0.1) is 0 Å². The molecular weight excluding hydrogens is 509 g/mol. The first kappa shape index (κ1) is 28.1. The van der Waals surface area contributed by atoms with Crippen LogP contribution in [0, 0.1) is 17.3 Å². The Morgan fingerprint density at radius 3 is 2.57 bits per heavy atom. The molecule has 2 atom stereocenters. The van der Waals surface area contributed by atoms with Crippen molar-refractivity contribution in [1.29, 1.82) is 0 Å². The van der Waals surface area contributed by atoms with Crippen LogP contribution >= 0.6 is 23.2 Å². The molecule has 2 unspecified atom stereocenters. The molecule has 1 saturated heterocycles. The minimum Gasteiger partial charge on any atom is -0.338 e. The summed E-state index contributed by atoms with van der Waals surface area (Å²) < 4.78 is 0. The number of hydrogen-bond acceptors (Lipinski definition) is 3. The van der Waals surface area contributed by atoms with Crippen LogP contribution in [0.1, 0.15) is 46.5 Å². The van der Waals surface area contributed by atoms with Crippen molar-refractivity contribution in [3.8, 4) is 0 Å². The minimum absolute atomic E-state index is 0.0338. The first-order valence-electron chi connectivity index (χ1n) is 13.6. The van der Waals surface area contributed by atoms with Crippen molar-refractivity contribution in [1.82, 2.24) is 20.0 Å². The van der Waals surface area contributed by atoms with Gasteiger partial charge in [-0.1, -0.05) is 62.0 Å². The maximum absolute atomic E-state index is 13.1. The lowest BCUT2D eigenvalue weighted by Gasteiger charge is -2.57. The maximum atomic E-state index is 13.1. The van der Waals surface area contributed by atoms with Gasteiger partial charge in [-0.05, 0) is 54.7 Å². The second kappa shape index (κ2) is 12.3. The van der Waals surface area contributed by atoms with Gasteiger partial charge in [-0.3, -0.25) is 4.90 Å². The van der Waals surface area contributed by atoms with Crippen LogP contribution in [-0.4, -0.2) is 79.1 Å². The molecule has 1 aromatic carbocycles. The summed E-state index contributed by atoms with van der Waals surface area (Å²) in [6, 6.07) is 4.91. The number of fused-ring (bicyclic) bond motifs is 1.